The van der Waals surface area contributed by atoms with Crippen molar-refractivity contribution in [2.45, 2.75) is 32.1 Å². The lowest BCUT2D eigenvalue weighted by molar-refractivity contribution is 0.0716. The first-order valence-corrected chi connectivity index (χ1v) is 10.3. The van der Waals surface area contributed by atoms with Gasteiger partial charge in [0.2, 0.25) is 0 Å². The van der Waals surface area contributed by atoms with Gasteiger partial charge < -0.3 is 15.2 Å². The standard InChI is InChI=1S/C23H25N5O3/c29-14-16-6-1-2-9-19(16)20-13-21(26-15-25-20)27-17-7-5-8-18(12-17)28-23(30)31-22-10-3-4-11-24-22/h1-2,5-9,12-13,15,22,24,29H,3-4,10-11,14H2,(H,28,30)(H,25,26,27)/t22-/m0/s1. The van der Waals surface area contributed by atoms with E-state index < -0.39 is 6.09 Å². The summed E-state index contributed by atoms with van der Waals surface area (Å²) in [6, 6.07) is 16.7. The number of nitrogens with one attached hydrogen (secondary N) is 3. The summed E-state index contributed by atoms with van der Waals surface area (Å²) in [4.78, 5) is 20.8. The third-order valence-electron chi connectivity index (χ3n) is 5.03. The topological polar surface area (TPSA) is 108 Å². The summed E-state index contributed by atoms with van der Waals surface area (Å²) in [6.45, 7) is 0.796. The predicted molar refractivity (Wildman–Crippen MR) is 119 cm³/mol. The zero-order valence-electron chi connectivity index (χ0n) is 17.0. The van der Waals surface area contributed by atoms with Crippen molar-refractivity contribution in [2.24, 2.45) is 0 Å². The monoisotopic (exact) mass is 419 g/mol. The smallest absolute Gasteiger partial charge is 0.413 e. The summed E-state index contributed by atoms with van der Waals surface area (Å²) in [6.07, 6.45) is 3.73. The van der Waals surface area contributed by atoms with Crippen LogP contribution in [-0.4, -0.2) is 33.9 Å². The molecular weight excluding hydrogens is 394 g/mol. The van der Waals surface area contributed by atoms with Crippen LogP contribution in [0.5, 0.6) is 0 Å². The maximum absolute atomic E-state index is 12.2. The van der Waals surface area contributed by atoms with Crippen LogP contribution in [0.4, 0.5) is 22.0 Å². The highest BCUT2D eigenvalue weighted by Gasteiger charge is 2.17. The second kappa shape index (κ2) is 10.0. The number of amides is 1. The maximum atomic E-state index is 12.2. The number of hydrogen-bond donors (Lipinski definition) is 4. The first-order valence-electron chi connectivity index (χ1n) is 10.3. The van der Waals surface area contributed by atoms with E-state index >= 15 is 0 Å². The summed E-state index contributed by atoms with van der Waals surface area (Å²) < 4.78 is 5.42. The van der Waals surface area contributed by atoms with Gasteiger partial charge in [-0.15, -0.1) is 0 Å². The molecule has 3 aromatic rings. The normalized spacial score (nSPS) is 15.8. The Morgan fingerprint density at radius 1 is 1.10 bits per heavy atom. The van der Waals surface area contributed by atoms with Gasteiger partial charge in [0.15, 0.2) is 6.23 Å². The van der Waals surface area contributed by atoms with Crippen LogP contribution < -0.4 is 16.0 Å². The summed E-state index contributed by atoms with van der Waals surface area (Å²) >= 11 is 0. The fourth-order valence-corrected chi connectivity index (χ4v) is 3.50. The molecule has 0 saturated carbocycles. The first kappa shape index (κ1) is 20.8. The SMILES string of the molecule is O=C(Nc1cccc(Nc2cc(-c3ccccc3CO)ncn2)c1)O[C@H]1CCCCN1. The lowest BCUT2D eigenvalue weighted by atomic mass is 10.0. The van der Waals surface area contributed by atoms with Crippen LogP contribution in [0.3, 0.4) is 0 Å². The van der Waals surface area contributed by atoms with E-state index in [2.05, 4.69) is 25.9 Å². The molecule has 1 atom stereocenters. The van der Waals surface area contributed by atoms with E-state index in [9.17, 15) is 9.90 Å². The van der Waals surface area contributed by atoms with Crippen LogP contribution >= 0.6 is 0 Å². The average Bonchev–Trinajstić information content (AvgIpc) is 2.80. The molecule has 1 aliphatic heterocycles. The molecule has 1 amide bonds. The third kappa shape index (κ3) is 5.56. The molecule has 8 heteroatoms. The molecule has 1 fully saturated rings. The Labute approximate surface area is 180 Å². The van der Waals surface area contributed by atoms with Crippen molar-refractivity contribution in [1.82, 2.24) is 15.3 Å². The van der Waals surface area contributed by atoms with Gasteiger partial charge in [-0.05, 0) is 49.6 Å². The maximum Gasteiger partial charge on any atom is 0.413 e. The predicted octanol–water partition coefficient (Wildman–Crippen LogP) is 4.03. The molecular formula is C23H25N5O3. The second-order valence-corrected chi connectivity index (χ2v) is 7.28. The van der Waals surface area contributed by atoms with E-state index in [0.717, 1.165) is 42.6 Å². The van der Waals surface area contributed by atoms with E-state index in [1.807, 2.05) is 42.5 Å². The molecule has 0 radical (unpaired) electrons. The number of benzene rings is 2. The largest absolute Gasteiger partial charge is 0.430 e. The van der Waals surface area contributed by atoms with Gasteiger partial charge in [-0.1, -0.05) is 30.3 Å². The minimum Gasteiger partial charge on any atom is -0.430 e. The molecule has 1 aliphatic rings. The summed E-state index contributed by atoms with van der Waals surface area (Å²) in [5.74, 6) is 0.601. The summed E-state index contributed by atoms with van der Waals surface area (Å²) in [7, 11) is 0. The lowest BCUT2D eigenvalue weighted by Gasteiger charge is -2.23. The number of rotatable bonds is 6. The Morgan fingerprint density at radius 3 is 2.81 bits per heavy atom. The number of nitrogens with zero attached hydrogens (tertiary/aromatic N) is 2. The summed E-state index contributed by atoms with van der Waals surface area (Å²) in [5, 5.41) is 18.8. The van der Waals surface area contributed by atoms with Gasteiger partial charge >= 0.3 is 6.09 Å². The Morgan fingerprint density at radius 2 is 1.97 bits per heavy atom. The fraction of sp³-hybridized carbons (Fsp3) is 0.261. The molecule has 4 N–H and O–H groups in total. The van der Waals surface area contributed by atoms with Crippen LogP contribution in [0.15, 0.2) is 60.9 Å². The number of aliphatic hydroxyl groups excluding tert-OH is 1. The number of aliphatic hydroxyl groups is 1. The highest BCUT2D eigenvalue weighted by atomic mass is 16.6. The van der Waals surface area contributed by atoms with Crippen LogP contribution in [0.2, 0.25) is 0 Å². The molecule has 31 heavy (non-hydrogen) atoms. The molecule has 8 nitrogen and oxygen atoms in total. The average molecular weight is 419 g/mol. The fourth-order valence-electron chi connectivity index (χ4n) is 3.50. The summed E-state index contributed by atoms with van der Waals surface area (Å²) in [5.41, 5.74) is 3.73. The van der Waals surface area contributed by atoms with E-state index in [1.54, 1.807) is 12.1 Å². The lowest BCUT2D eigenvalue weighted by Crippen LogP contribution is -2.38. The number of carbonyl (C=O) groups excluding carboxylic acids is 1. The molecule has 0 bridgehead atoms. The van der Waals surface area contributed by atoms with Crippen molar-refractivity contribution >= 4 is 23.3 Å². The van der Waals surface area contributed by atoms with Crippen LogP contribution in [0.1, 0.15) is 24.8 Å². The van der Waals surface area contributed by atoms with E-state index in [-0.39, 0.29) is 12.8 Å². The van der Waals surface area contributed by atoms with Crippen molar-refractivity contribution in [1.29, 1.82) is 0 Å². The Bertz CT molecular complexity index is 1040. The van der Waals surface area contributed by atoms with Gasteiger partial charge in [-0.3, -0.25) is 10.6 Å². The molecule has 0 aliphatic carbocycles. The van der Waals surface area contributed by atoms with Gasteiger partial charge in [-0.25, -0.2) is 14.8 Å². The van der Waals surface area contributed by atoms with Crippen molar-refractivity contribution in [3.63, 3.8) is 0 Å². The number of hydrogen-bond acceptors (Lipinski definition) is 7. The number of aromatic nitrogens is 2. The van der Waals surface area contributed by atoms with Crippen molar-refractivity contribution in [2.75, 3.05) is 17.2 Å². The zero-order valence-corrected chi connectivity index (χ0v) is 17.0. The molecule has 0 unspecified atom stereocenters. The minimum absolute atomic E-state index is 0.0663. The van der Waals surface area contributed by atoms with E-state index in [0.29, 0.717) is 17.2 Å². The highest BCUT2D eigenvalue weighted by molar-refractivity contribution is 5.85. The van der Waals surface area contributed by atoms with Crippen LogP contribution in [0, 0.1) is 0 Å². The van der Waals surface area contributed by atoms with Crippen LogP contribution in [0.25, 0.3) is 11.3 Å². The van der Waals surface area contributed by atoms with Gasteiger partial charge in [0, 0.05) is 23.0 Å². The van der Waals surface area contributed by atoms with E-state index in [4.69, 9.17) is 4.74 Å². The van der Waals surface area contributed by atoms with Gasteiger partial charge in [-0.2, -0.15) is 0 Å². The molecule has 160 valence electrons. The molecule has 2 heterocycles. The third-order valence-corrected chi connectivity index (χ3v) is 5.03. The quantitative estimate of drug-likeness (QED) is 0.478. The van der Waals surface area contributed by atoms with Crippen LogP contribution in [-0.2, 0) is 11.3 Å². The zero-order chi connectivity index (χ0) is 21.5. The number of ether oxygens (including phenoxy) is 1. The second-order valence-electron chi connectivity index (χ2n) is 7.28. The Kier molecular flexibility index (Phi) is 6.71. The molecule has 2 aromatic carbocycles. The Balaban J connectivity index is 1.43. The number of piperidine rings is 1. The number of anilines is 3. The Hall–Kier alpha value is -3.49. The molecule has 0 spiro atoms. The van der Waals surface area contributed by atoms with Gasteiger partial charge in [0.1, 0.15) is 12.1 Å². The van der Waals surface area contributed by atoms with E-state index in [1.165, 1.54) is 6.33 Å². The van der Waals surface area contributed by atoms with Crippen molar-refractivity contribution < 1.29 is 14.6 Å². The van der Waals surface area contributed by atoms with Crippen molar-refractivity contribution in [3.05, 3.63) is 66.5 Å². The number of carbonyl (C=O) groups is 1. The van der Waals surface area contributed by atoms with Gasteiger partial charge in [0.25, 0.3) is 0 Å². The molecule has 1 aromatic heterocycles. The van der Waals surface area contributed by atoms with Crippen molar-refractivity contribution in [3.8, 4) is 11.3 Å². The van der Waals surface area contributed by atoms with Gasteiger partial charge in [0.05, 0.1) is 12.3 Å². The minimum atomic E-state index is -0.485. The molecule has 4 rings (SSSR count). The molecule has 1 saturated heterocycles. The highest BCUT2D eigenvalue weighted by Crippen LogP contribution is 2.25. The first-order chi connectivity index (χ1) is 15.2.